The standard InChI is InChI=1S/C26H27N3O4S/c1-5-32-20-11-7-18(8-12-20)22-17(4)34-25-23(22)26(31)29(15-27-25)16(3)24(30)28-19-9-13-21(14-10-19)33-6-2/h7-16H,5-6H2,1-4H3,(H,28,30). The van der Waals surface area contributed by atoms with Gasteiger partial charge in [0, 0.05) is 16.1 Å². The topological polar surface area (TPSA) is 82.4 Å². The van der Waals surface area contributed by atoms with Crippen molar-refractivity contribution < 1.29 is 14.3 Å². The van der Waals surface area contributed by atoms with Crippen LogP contribution in [-0.2, 0) is 4.79 Å². The van der Waals surface area contributed by atoms with Gasteiger partial charge >= 0.3 is 0 Å². The lowest BCUT2D eigenvalue weighted by Crippen LogP contribution is -2.31. The molecule has 1 atom stereocenters. The molecule has 0 bridgehead atoms. The average molecular weight is 478 g/mol. The van der Waals surface area contributed by atoms with Crippen LogP contribution in [0.4, 0.5) is 5.69 Å². The number of thiophene rings is 1. The van der Waals surface area contributed by atoms with Gasteiger partial charge in [-0.15, -0.1) is 11.3 Å². The van der Waals surface area contributed by atoms with Crippen LogP contribution in [0.5, 0.6) is 11.5 Å². The van der Waals surface area contributed by atoms with E-state index in [0.29, 0.717) is 29.1 Å². The Kier molecular flexibility index (Phi) is 6.98. The third kappa shape index (κ3) is 4.68. The minimum atomic E-state index is -0.746. The van der Waals surface area contributed by atoms with Crippen LogP contribution in [0.3, 0.4) is 0 Å². The summed E-state index contributed by atoms with van der Waals surface area (Å²) in [6.07, 6.45) is 1.45. The summed E-state index contributed by atoms with van der Waals surface area (Å²) in [5, 5.41) is 3.38. The van der Waals surface area contributed by atoms with E-state index in [1.165, 1.54) is 22.2 Å². The summed E-state index contributed by atoms with van der Waals surface area (Å²) in [7, 11) is 0. The van der Waals surface area contributed by atoms with Crippen molar-refractivity contribution in [3.63, 3.8) is 0 Å². The quantitative estimate of drug-likeness (QED) is 0.366. The molecule has 2 aromatic carbocycles. The zero-order chi connectivity index (χ0) is 24.2. The number of hydrogen-bond acceptors (Lipinski definition) is 6. The lowest BCUT2D eigenvalue weighted by atomic mass is 10.0. The second-order valence-corrected chi connectivity index (χ2v) is 8.95. The van der Waals surface area contributed by atoms with E-state index in [9.17, 15) is 9.59 Å². The molecule has 34 heavy (non-hydrogen) atoms. The molecule has 2 aromatic heterocycles. The highest BCUT2D eigenvalue weighted by Gasteiger charge is 2.22. The number of benzene rings is 2. The fourth-order valence-electron chi connectivity index (χ4n) is 3.80. The molecule has 0 radical (unpaired) electrons. The number of carbonyl (C=O) groups excluding carboxylic acids is 1. The van der Waals surface area contributed by atoms with Gasteiger partial charge in [0.2, 0.25) is 5.91 Å². The van der Waals surface area contributed by atoms with Crippen molar-refractivity contribution in [1.29, 1.82) is 0 Å². The molecule has 4 rings (SSSR count). The van der Waals surface area contributed by atoms with Crippen LogP contribution in [0.25, 0.3) is 21.3 Å². The van der Waals surface area contributed by atoms with Gasteiger partial charge in [-0.25, -0.2) is 4.98 Å². The zero-order valence-corrected chi connectivity index (χ0v) is 20.4. The maximum absolute atomic E-state index is 13.5. The van der Waals surface area contributed by atoms with Crippen molar-refractivity contribution in [3.05, 3.63) is 70.1 Å². The van der Waals surface area contributed by atoms with Crippen molar-refractivity contribution in [2.75, 3.05) is 18.5 Å². The first-order valence-corrected chi connectivity index (χ1v) is 12.0. The number of fused-ring (bicyclic) bond motifs is 1. The van der Waals surface area contributed by atoms with Crippen molar-refractivity contribution in [3.8, 4) is 22.6 Å². The lowest BCUT2D eigenvalue weighted by Gasteiger charge is -2.15. The van der Waals surface area contributed by atoms with Gasteiger partial charge in [0.15, 0.2) is 0 Å². The normalized spacial score (nSPS) is 11.9. The highest BCUT2D eigenvalue weighted by molar-refractivity contribution is 7.19. The molecule has 1 N–H and O–H groups in total. The molecule has 0 saturated heterocycles. The van der Waals surface area contributed by atoms with E-state index in [1.807, 2.05) is 45.0 Å². The Morgan fingerprint density at radius 3 is 2.21 bits per heavy atom. The number of aryl methyl sites for hydroxylation is 1. The van der Waals surface area contributed by atoms with Crippen LogP contribution in [0.1, 0.15) is 31.7 Å². The third-order valence-electron chi connectivity index (χ3n) is 5.50. The molecule has 176 valence electrons. The minimum absolute atomic E-state index is 0.243. The fourth-order valence-corrected chi connectivity index (χ4v) is 4.80. The van der Waals surface area contributed by atoms with Gasteiger partial charge in [-0.3, -0.25) is 14.2 Å². The molecule has 0 aliphatic rings. The zero-order valence-electron chi connectivity index (χ0n) is 19.6. The number of ether oxygens (including phenoxy) is 2. The summed E-state index contributed by atoms with van der Waals surface area (Å²) >= 11 is 1.47. The number of nitrogens with one attached hydrogen (secondary N) is 1. The summed E-state index contributed by atoms with van der Waals surface area (Å²) in [5.74, 6) is 1.20. The molecule has 0 spiro atoms. The molecule has 4 aromatic rings. The summed E-state index contributed by atoms with van der Waals surface area (Å²) < 4.78 is 12.4. The van der Waals surface area contributed by atoms with Crippen molar-refractivity contribution in [2.45, 2.75) is 33.7 Å². The lowest BCUT2D eigenvalue weighted by molar-refractivity contribution is -0.118. The summed E-state index contributed by atoms with van der Waals surface area (Å²) in [6, 6.07) is 14.0. The Morgan fingerprint density at radius 1 is 1.03 bits per heavy atom. The van der Waals surface area contributed by atoms with Crippen LogP contribution in [-0.4, -0.2) is 28.7 Å². The van der Waals surface area contributed by atoms with Crippen LogP contribution >= 0.6 is 11.3 Å². The fraction of sp³-hybridized carbons (Fsp3) is 0.269. The molecule has 8 heteroatoms. The van der Waals surface area contributed by atoms with E-state index < -0.39 is 6.04 Å². The molecular weight excluding hydrogens is 450 g/mol. The van der Waals surface area contributed by atoms with Gasteiger partial charge in [0.05, 0.1) is 24.9 Å². The number of nitrogens with zero attached hydrogens (tertiary/aromatic N) is 2. The maximum Gasteiger partial charge on any atom is 0.263 e. The molecule has 1 amide bonds. The molecular formula is C26H27N3O4S. The SMILES string of the molecule is CCOc1ccc(NC(=O)C(C)n2cnc3sc(C)c(-c4ccc(OCC)cc4)c3c2=O)cc1. The summed E-state index contributed by atoms with van der Waals surface area (Å²) in [5.41, 5.74) is 2.14. The maximum atomic E-state index is 13.5. The molecule has 0 saturated carbocycles. The summed E-state index contributed by atoms with van der Waals surface area (Å²) in [6.45, 7) is 8.67. The first-order chi connectivity index (χ1) is 16.4. The van der Waals surface area contributed by atoms with Gasteiger partial charge < -0.3 is 14.8 Å². The molecule has 0 aliphatic heterocycles. The van der Waals surface area contributed by atoms with Gasteiger partial charge in [-0.2, -0.15) is 0 Å². The number of rotatable bonds is 8. The largest absolute Gasteiger partial charge is 0.494 e. The number of aromatic nitrogens is 2. The monoisotopic (exact) mass is 477 g/mol. The predicted molar refractivity (Wildman–Crippen MR) is 136 cm³/mol. The van der Waals surface area contributed by atoms with Gasteiger partial charge in [0.1, 0.15) is 22.4 Å². The molecule has 1 unspecified atom stereocenters. The molecule has 2 heterocycles. The predicted octanol–water partition coefficient (Wildman–Crippen LogP) is 5.43. The molecule has 0 fully saturated rings. The highest BCUT2D eigenvalue weighted by Crippen LogP contribution is 2.36. The Balaban J connectivity index is 1.65. The third-order valence-corrected chi connectivity index (χ3v) is 6.51. The first kappa shape index (κ1) is 23.5. The number of carbonyl (C=O) groups is 1. The second-order valence-electron chi connectivity index (χ2n) is 7.75. The van der Waals surface area contributed by atoms with Gasteiger partial charge in [0.25, 0.3) is 5.56 Å². The van der Waals surface area contributed by atoms with Crippen LogP contribution in [0.15, 0.2) is 59.7 Å². The van der Waals surface area contributed by atoms with Crippen LogP contribution < -0.4 is 20.3 Å². The van der Waals surface area contributed by atoms with E-state index in [2.05, 4.69) is 10.3 Å². The van der Waals surface area contributed by atoms with E-state index in [-0.39, 0.29) is 11.5 Å². The smallest absolute Gasteiger partial charge is 0.263 e. The van der Waals surface area contributed by atoms with Crippen molar-refractivity contribution >= 4 is 33.1 Å². The molecule has 7 nitrogen and oxygen atoms in total. The average Bonchev–Trinajstić information content (AvgIpc) is 3.18. The van der Waals surface area contributed by atoms with E-state index in [0.717, 1.165) is 27.5 Å². The van der Waals surface area contributed by atoms with Gasteiger partial charge in [-0.1, -0.05) is 12.1 Å². The minimum Gasteiger partial charge on any atom is -0.494 e. The number of anilines is 1. The Bertz CT molecular complexity index is 1360. The van der Waals surface area contributed by atoms with Crippen molar-refractivity contribution in [2.24, 2.45) is 0 Å². The van der Waals surface area contributed by atoms with Crippen LogP contribution in [0, 0.1) is 6.92 Å². The Hall–Kier alpha value is -3.65. The Morgan fingerprint density at radius 2 is 1.62 bits per heavy atom. The second kappa shape index (κ2) is 10.1. The molecule has 0 aliphatic carbocycles. The van der Waals surface area contributed by atoms with Crippen molar-refractivity contribution in [1.82, 2.24) is 9.55 Å². The summed E-state index contributed by atoms with van der Waals surface area (Å²) in [4.78, 5) is 32.6. The van der Waals surface area contributed by atoms with E-state index in [1.54, 1.807) is 31.2 Å². The number of hydrogen-bond donors (Lipinski definition) is 1. The van der Waals surface area contributed by atoms with E-state index >= 15 is 0 Å². The van der Waals surface area contributed by atoms with E-state index in [4.69, 9.17) is 9.47 Å². The van der Waals surface area contributed by atoms with Gasteiger partial charge in [-0.05, 0) is 69.7 Å². The Labute approximate surface area is 202 Å². The number of amides is 1. The van der Waals surface area contributed by atoms with Crippen LogP contribution in [0.2, 0.25) is 0 Å². The highest BCUT2D eigenvalue weighted by atomic mass is 32.1. The first-order valence-electron chi connectivity index (χ1n) is 11.2.